The maximum absolute atomic E-state index is 12.3. The maximum atomic E-state index is 12.3. The zero-order valence-electron chi connectivity index (χ0n) is 10.6. The minimum absolute atomic E-state index is 0.236. The minimum Gasteiger partial charge on any atom is -0.399 e. The Bertz CT molecular complexity index is 827. The van der Waals surface area contributed by atoms with Crippen molar-refractivity contribution in [3.63, 3.8) is 0 Å². The van der Waals surface area contributed by atoms with Gasteiger partial charge in [0.15, 0.2) is 5.13 Å². The summed E-state index contributed by atoms with van der Waals surface area (Å²) < 4.78 is 0.899. The highest BCUT2D eigenvalue weighted by molar-refractivity contribution is 7.22. The van der Waals surface area contributed by atoms with Gasteiger partial charge in [0.1, 0.15) is 0 Å². The lowest BCUT2D eigenvalue weighted by Crippen LogP contribution is -2.12. The fraction of sp³-hybridized carbons (Fsp3) is 0. The highest BCUT2D eigenvalue weighted by Gasteiger charge is 2.16. The number of nitrogens with zero attached hydrogens (tertiary/aromatic N) is 1. The molecule has 0 aliphatic rings. The molecule has 0 unspecified atom stereocenters. The number of nitrogens with one attached hydrogen (secondary N) is 1. The number of hydrogen-bond acceptors (Lipinski definition) is 4. The van der Waals surface area contributed by atoms with Crippen LogP contribution in [0.15, 0.2) is 36.4 Å². The second-order valence-corrected chi connectivity index (χ2v) is 6.14. The van der Waals surface area contributed by atoms with Gasteiger partial charge in [0.05, 0.1) is 25.8 Å². The van der Waals surface area contributed by atoms with Gasteiger partial charge in [0.25, 0.3) is 5.91 Å². The number of nitrogen functional groups attached to an aromatic ring is 1. The lowest BCUT2D eigenvalue weighted by atomic mass is 10.2. The van der Waals surface area contributed by atoms with Crippen LogP contribution >= 0.6 is 34.5 Å². The Morgan fingerprint density at radius 1 is 1.19 bits per heavy atom. The van der Waals surface area contributed by atoms with Crippen LogP contribution in [-0.4, -0.2) is 10.9 Å². The summed E-state index contributed by atoms with van der Waals surface area (Å²) in [6.45, 7) is 0. The van der Waals surface area contributed by atoms with Crippen molar-refractivity contribution in [2.24, 2.45) is 0 Å². The summed E-state index contributed by atoms with van der Waals surface area (Å²) in [6.07, 6.45) is 0. The minimum atomic E-state index is -0.391. The predicted octanol–water partition coefficient (Wildman–Crippen LogP) is 4.44. The normalized spacial score (nSPS) is 10.8. The number of carbonyl (C=O) groups excluding carboxylic acids is 1. The van der Waals surface area contributed by atoms with E-state index in [1.807, 2.05) is 6.07 Å². The number of hydrogen-bond donors (Lipinski definition) is 2. The van der Waals surface area contributed by atoms with Gasteiger partial charge in [-0.1, -0.05) is 40.6 Å². The molecular formula is C14H9Cl2N3OS. The van der Waals surface area contributed by atoms with Gasteiger partial charge in [-0.25, -0.2) is 4.98 Å². The Labute approximate surface area is 134 Å². The number of amides is 1. The van der Waals surface area contributed by atoms with Crippen LogP contribution in [0.4, 0.5) is 10.8 Å². The topological polar surface area (TPSA) is 68.0 Å². The molecule has 4 nitrogen and oxygen atoms in total. The number of nitrogens with two attached hydrogens (primary N) is 1. The van der Waals surface area contributed by atoms with Gasteiger partial charge >= 0.3 is 0 Å². The third kappa shape index (κ3) is 2.81. The summed E-state index contributed by atoms with van der Waals surface area (Å²) >= 11 is 13.4. The highest BCUT2D eigenvalue weighted by Crippen LogP contribution is 2.29. The van der Waals surface area contributed by atoms with E-state index in [1.165, 1.54) is 11.3 Å². The van der Waals surface area contributed by atoms with E-state index in [0.29, 0.717) is 20.9 Å². The van der Waals surface area contributed by atoms with Crippen LogP contribution < -0.4 is 11.1 Å². The average molecular weight is 338 g/mol. The number of rotatable bonds is 2. The zero-order chi connectivity index (χ0) is 15.0. The Balaban J connectivity index is 1.93. The molecule has 0 spiro atoms. The van der Waals surface area contributed by atoms with Crippen LogP contribution in [0.2, 0.25) is 10.0 Å². The molecule has 0 fully saturated rings. The van der Waals surface area contributed by atoms with Gasteiger partial charge in [-0.15, -0.1) is 0 Å². The molecule has 2 aromatic carbocycles. The third-order valence-electron chi connectivity index (χ3n) is 2.82. The number of thiazole rings is 1. The Hall–Kier alpha value is -1.82. The number of aromatic nitrogens is 1. The fourth-order valence-corrected chi connectivity index (χ4v) is 3.35. The molecule has 3 aromatic rings. The standard InChI is InChI=1S/C14H9Cl2N3OS/c15-8-2-1-3-9(16)12(8)13(20)19-14-18-10-5-4-7(17)6-11(10)21-14/h1-6H,17H2,(H,18,19,20). The second-order valence-electron chi connectivity index (χ2n) is 4.30. The van der Waals surface area contributed by atoms with Gasteiger partial charge in [-0.2, -0.15) is 0 Å². The molecule has 1 heterocycles. The lowest BCUT2D eigenvalue weighted by molar-refractivity contribution is 0.102. The van der Waals surface area contributed by atoms with E-state index in [9.17, 15) is 4.79 Å². The molecule has 3 rings (SSSR count). The lowest BCUT2D eigenvalue weighted by Gasteiger charge is -2.05. The van der Waals surface area contributed by atoms with E-state index in [1.54, 1.807) is 30.3 Å². The van der Waals surface area contributed by atoms with Crippen molar-refractivity contribution in [2.75, 3.05) is 11.1 Å². The van der Waals surface area contributed by atoms with E-state index in [-0.39, 0.29) is 5.56 Å². The van der Waals surface area contributed by atoms with Crippen LogP contribution in [0.25, 0.3) is 10.2 Å². The number of fused-ring (bicyclic) bond motifs is 1. The number of benzene rings is 2. The predicted molar refractivity (Wildman–Crippen MR) is 88.4 cm³/mol. The zero-order valence-corrected chi connectivity index (χ0v) is 12.9. The summed E-state index contributed by atoms with van der Waals surface area (Å²) in [4.78, 5) is 16.6. The van der Waals surface area contributed by atoms with E-state index in [2.05, 4.69) is 10.3 Å². The molecule has 0 saturated carbocycles. The molecule has 7 heteroatoms. The first kappa shape index (κ1) is 14.1. The van der Waals surface area contributed by atoms with Gasteiger partial charge in [-0.05, 0) is 30.3 Å². The van der Waals surface area contributed by atoms with Crippen molar-refractivity contribution in [3.05, 3.63) is 52.0 Å². The molecule has 0 aliphatic heterocycles. The molecule has 21 heavy (non-hydrogen) atoms. The average Bonchev–Trinajstić information content (AvgIpc) is 2.79. The van der Waals surface area contributed by atoms with Crippen molar-refractivity contribution < 1.29 is 4.79 Å². The summed E-state index contributed by atoms with van der Waals surface area (Å²) in [6, 6.07) is 10.3. The summed E-state index contributed by atoms with van der Waals surface area (Å²) in [5.74, 6) is -0.391. The monoisotopic (exact) mass is 337 g/mol. The Morgan fingerprint density at radius 3 is 2.62 bits per heavy atom. The third-order valence-corrected chi connectivity index (χ3v) is 4.39. The molecule has 0 saturated heterocycles. The number of halogens is 2. The van der Waals surface area contributed by atoms with Crippen LogP contribution in [0.3, 0.4) is 0 Å². The van der Waals surface area contributed by atoms with Crippen LogP contribution in [0.1, 0.15) is 10.4 Å². The number of carbonyl (C=O) groups is 1. The first-order valence-corrected chi connectivity index (χ1v) is 7.53. The fourth-order valence-electron chi connectivity index (χ4n) is 1.87. The summed E-state index contributed by atoms with van der Waals surface area (Å²) in [5, 5.41) is 3.77. The second kappa shape index (κ2) is 5.52. The highest BCUT2D eigenvalue weighted by atomic mass is 35.5. The van der Waals surface area contributed by atoms with Gasteiger partial charge < -0.3 is 5.73 Å². The van der Waals surface area contributed by atoms with Crippen LogP contribution in [0, 0.1) is 0 Å². The molecule has 0 radical (unpaired) electrons. The molecule has 0 aliphatic carbocycles. The molecule has 3 N–H and O–H groups in total. The largest absolute Gasteiger partial charge is 0.399 e. The van der Waals surface area contributed by atoms with Crippen LogP contribution in [0.5, 0.6) is 0 Å². The first-order valence-electron chi connectivity index (χ1n) is 5.96. The maximum Gasteiger partial charge on any atom is 0.260 e. The Kier molecular flexibility index (Phi) is 3.71. The first-order chi connectivity index (χ1) is 10.0. The van der Waals surface area contributed by atoms with Crippen molar-refractivity contribution in [1.29, 1.82) is 0 Å². The molecule has 1 aromatic heterocycles. The van der Waals surface area contributed by atoms with Crippen molar-refractivity contribution in [1.82, 2.24) is 4.98 Å². The molecular weight excluding hydrogens is 329 g/mol. The van der Waals surface area contributed by atoms with Crippen molar-refractivity contribution in [2.45, 2.75) is 0 Å². The van der Waals surface area contributed by atoms with Crippen molar-refractivity contribution in [3.8, 4) is 0 Å². The molecule has 0 atom stereocenters. The van der Waals surface area contributed by atoms with Gasteiger partial charge in [0.2, 0.25) is 0 Å². The van der Waals surface area contributed by atoms with E-state index >= 15 is 0 Å². The number of anilines is 2. The summed E-state index contributed by atoms with van der Waals surface area (Å²) in [7, 11) is 0. The smallest absolute Gasteiger partial charge is 0.260 e. The molecule has 0 bridgehead atoms. The van der Waals surface area contributed by atoms with Gasteiger partial charge in [-0.3, -0.25) is 10.1 Å². The van der Waals surface area contributed by atoms with Gasteiger partial charge in [0, 0.05) is 5.69 Å². The quantitative estimate of drug-likeness (QED) is 0.679. The van der Waals surface area contributed by atoms with Crippen molar-refractivity contribution >= 4 is 61.5 Å². The SMILES string of the molecule is Nc1ccc2nc(NC(=O)c3c(Cl)cccc3Cl)sc2c1. The van der Waals surface area contributed by atoms with E-state index in [4.69, 9.17) is 28.9 Å². The van der Waals surface area contributed by atoms with E-state index < -0.39 is 5.91 Å². The van der Waals surface area contributed by atoms with E-state index in [0.717, 1.165) is 10.2 Å². The Morgan fingerprint density at radius 2 is 1.90 bits per heavy atom. The van der Waals surface area contributed by atoms with Crippen LogP contribution in [-0.2, 0) is 0 Å². The molecule has 106 valence electrons. The molecule has 1 amide bonds. The summed E-state index contributed by atoms with van der Waals surface area (Å²) in [5.41, 5.74) is 7.38.